The molecule has 2 aromatic rings. The van der Waals surface area contributed by atoms with E-state index in [1.807, 2.05) is 12.3 Å². The normalized spacial score (nSPS) is 12.7. The van der Waals surface area contributed by atoms with Crippen molar-refractivity contribution in [2.75, 3.05) is 0 Å². The largest absolute Gasteiger partial charge is 0.439 e. The Bertz CT molecular complexity index is 600. The Labute approximate surface area is 127 Å². The molecule has 0 saturated carbocycles. The molecule has 1 heterocycles. The van der Waals surface area contributed by atoms with Gasteiger partial charge in [0, 0.05) is 11.1 Å². The van der Waals surface area contributed by atoms with Gasteiger partial charge in [-0.25, -0.2) is 4.98 Å². The first-order valence-corrected chi connectivity index (χ1v) is 7.46. The van der Waals surface area contributed by atoms with Crippen LogP contribution < -0.4 is 5.32 Å². The Kier molecular flexibility index (Phi) is 4.24. The molecule has 0 saturated heterocycles. The molecule has 0 amide bonds. The Hall–Kier alpha value is -1.61. The number of nitrogens with zero attached hydrogens (tertiary/aromatic N) is 1. The molecule has 0 spiro atoms. The molecule has 0 aliphatic rings. The minimum atomic E-state index is 0.0535. The lowest BCUT2D eigenvalue weighted by atomic mass is 9.83. The first kappa shape index (κ1) is 15.8. The number of oxazole rings is 1. The number of hydrogen-bond acceptors (Lipinski definition) is 3. The van der Waals surface area contributed by atoms with Crippen LogP contribution in [-0.4, -0.2) is 10.5 Å². The van der Waals surface area contributed by atoms with E-state index >= 15 is 0 Å². The number of nitrogens with one attached hydrogen (secondary N) is 1. The lowest BCUT2D eigenvalue weighted by Crippen LogP contribution is -2.35. The summed E-state index contributed by atoms with van der Waals surface area (Å²) >= 11 is 0. The third-order valence-electron chi connectivity index (χ3n) is 3.32. The monoisotopic (exact) mass is 286 g/mol. The molecule has 1 N–H and O–H groups in total. The fourth-order valence-corrected chi connectivity index (χ4v) is 2.21. The molecule has 3 heteroatoms. The van der Waals surface area contributed by atoms with Crippen molar-refractivity contribution in [3.8, 4) is 11.3 Å². The van der Waals surface area contributed by atoms with Crippen LogP contribution in [0, 0.1) is 0 Å². The topological polar surface area (TPSA) is 38.1 Å². The maximum absolute atomic E-state index is 5.93. The van der Waals surface area contributed by atoms with Crippen LogP contribution in [0.2, 0.25) is 0 Å². The van der Waals surface area contributed by atoms with Crippen molar-refractivity contribution in [3.05, 3.63) is 41.9 Å². The fourth-order valence-electron chi connectivity index (χ4n) is 2.21. The average Bonchev–Trinajstić information content (AvgIpc) is 2.83. The van der Waals surface area contributed by atoms with Crippen molar-refractivity contribution in [3.63, 3.8) is 0 Å². The van der Waals surface area contributed by atoms with Crippen LogP contribution in [0.1, 0.15) is 53.0 Å². The lowest BCUT2D eigenvalue weighted by Gasteiger charge is -2.21. The van der Waals surface area contributed by atoms with Crippen molar-refractivity contribution in [2.24, 2.45) is 0 Å². The van der Waals surface area contributed by atoms with E-state index in [-0.39, 0.29) is 11.0 Å². The molecule has 0 aliphatic heterocycles. The summed E-state index contributed by atoms with van der Waals surface area (Å²) in [6.45, 7) is 13.7. The van der Waals surface area contributed by atoms with E-state index in [1.165, 1.54) is 5.56 Å². The third-order valence-corrected chi connectivity index (χ3v) is 3.32. The Morgan fingerprint density at radius 3 is 2.33 bits per heavy atom. The van der Waals surface area contributed by atoms with Gasteiger partial charge in [-0.15, -0.1) is 0 Å². The van der Waals surface area contributed by atoms with Gasteiger partial charge in [0.1, 0.15) is 0 Å². The minimum Gasteiger partial charge on any atom is -0.439 e. The van der Waals surface area contributed by atoms with Crippen molar-refractivity contribution in [2.45, 2.75) is 59.0 Å². The molecule has 21 heavy (non-hydrogen) atoms. The van der Waals surface area contributed by atoms with E-state index in [2.05, 4.69) is 70.0 Å². The second-order valence-corrected chi connectivity index (χ2v) is 7.52. The molecule has 0 unspecified atom stereocenters. The smallest absolute Gasteiger partial charge is 0.208 e. The highest BCUT2D eigenvalue weighted by molar-refractivity contribution is 5.63. The molecule has 1 aromatic carbocycles. The summed E-state index contributed by atoms with van der Waals surface area (Å²) in [5.74, 6) is 1.56. The third kappa shape index (κ3) is 4.18. The second kappa shape index (κ2) is 5.64. The Morgan fingerprint density at radius 2 is 1.71 bits per heavy atom. The fraction of sp³-hybridized carbons (Fsp3) is 0.500. The lowest BCUT2D eigenvalue weighted by molar-refractivity contribution is 0.383. The quantitative estimate of drug-likeness (QED) is 0.901. The number of hydrogen-bond donors (Lipinski definition) is 1. The van der Waals surface area contributed by atoms with Gasteiger partial charge >= 0.3 is 0 Å². The maximum atomic E-state index is 5.93. The van der Waals surface area contributed by atoms with E-state index in [9.17, 15) is 0 Å². The summed E-state index contributed by atoms with van der Waals surface area (Å²) in [6.07, 6.45) is 1.82. The molecule has 2 rings (SSSR count). The van der Waals surface area contributed by atoms with Gasteiger partial charge in [0.05, 0.1) is 12.7 Å². The summed E-state index contributed by atoms with van der Waals surface area (Å²) < 4.78 is 5.93. The molecule has 0 radical (unpaired) electrons. The number of benzene rings is 1. The molecule has 0 bridgehead atoms. The molecule has 114 valence electrons. The SMILES string of the molecule is CC(C)(C)NCc1ncc(-c2ccccc2C(C)(C)C)o1. The van der Waals surface area contributed by atoms with Gasteiger partial charge in [-0.3, -0.25) is 0 Å². The van der Waals surface area contributed by atoms with Crippen molar-refractivity contribution in [1.29, 1.82) is 0 Å². The molecule has 0 atom stereocenters. The summed E-state index contributed by atoms with van der Waals surface area (Å²) in [6, 6.07) is 8.37. The maximum Gasteiger partial charge on any atom is 0.208 e. The highest BCUT2D eigenvalue weighted by Crippen LogP contribution is 2.33. The average molecular weight is 286 g/mol. The van der Waals surface area contributed by atoms with Crippen LogP contribution in [0.3, 0.4) is 0 Å². The van der Waals surface area contributed by atoms with E-state index in [4.69, 9.17) is 4.42 Å². The van der Waals surface area contributed by atoms with Crippen LogP contribution in [-0.2, 0) is 12.0 Å². The number of aromatic nitrogens is 1. The molecule has 3 nitrogen and oxygen atoms in total. The summed E-state index contributed by atoms with van der Waals surface area (Å²) in [7, 11) is 0. The summed E-state index contributed by atoms with van der Waals surface area (Å²) in [4.78, 5) is 4.39. The first-order valence-electron chi connectivity index (χ1n) is 7.46. The van der Waals surface area contributed by atoms with Crippen LogP contribution in [0.25, 0.3) is 11.3 Å². The van der Waals surface area contributed by atoms with Gasteiger partial charge in [-0.1, -0.05) is 45.0 Å². The van der Waals surface area contributed by atoms with Gasteiger partial charge in [0.25, 0.3) is 0 Å². The van der Waals surface area contributed by atoms with Gasteiger partial charge in [0.15, 0.2) is 5.76 Å². The molecule has 0 aliphatic carbocycles. The minimum absolute atomic E-state index is 0.0535. The zero-order valence-electron chi connectivity index (χ0n) is 13.9. The Morgan fingerprint density at radius 1 is 1.05 bits per heavy atom. The van der Waals surface area contributed by atoms with E-state index in [1.54, 1.807) is 0 Å². The second-order valence-electron chi connectivity index (χ2n) is 7.52. The van der Waals surface area contributed by atoms with Crippen molar-refractivity contribution >= 4 is 0 Å². The van der Waals surface area contributed by atoms with Crippen LogP contribution >= 0.6 is 0 Å². The standard InChI is InChI=1S/C18H26N2O/c1-17(2,3)14-10-8-7-9-13(14)15-11-19-16(21-15)12-20-18(4,5)6/h7-11,20H,12H2,1-6H3. The first-order chi connectivity index (χ1) is 9.67. The van der Waals surface area contributed by atoms with Crippen molar-refractivity contribution in [1.82, 2.24) is 10.3 Å². The molecule has 0 fully saturated rings. The van der Waals surface area contributed by atoms with E-state index in [0.29, 0.717) is 6.54 Å². The van der Waals surface area contributed by atoms with Crippen molar-refractivity contribution < 1.29 is 4.42 Å². The predicted molar refractivity (Wildman–Crippen MR) is 87.2 cm³/mol. The van der Waals surface area contributed by atoms with E-state index in [0.717, 1.165) is 17.2 Å². The summed E-state index contributed by atoms with van der Waals surface area (Å²) in [5, 5.41) is 3.39. The van der Waals surface area contributed by atoms with E-state index < -0.39 is 0 Å². The van der Waals surface area contributed by atoms with Gasteiger partial charge in [-0.2, -0.15) is 0 Å². The van der Waals surface area contributed by atoms with Crippen LogP contribution in [0.5, 0.6) is 0 Å². The van der Waals surface area contributed by atoms with Gasteiger partial charge in [-0.05, 0) is 31.7 Å². The zero-order valence-corrected chi connectivity index (χ0v) is 13.9. The zero-order chi connectivity index (χ0) is 15.7. The van der Waals surface area contributed by atoms with Crippen LogP contribution in [0.4, 0.5) is 0 Å². The predicted octanol–water partition coefficient (Wildman–Crippen LogP) is 4.53. The highest BCUT2D eigenvalue weighted by Gasteiger charge is 2.20. The molecular formula is C18H26N2O. The number of rotatable bonds is 3. The molecular weight excluding hydrogens is 260 g/mol. The van der Waals surface area contributed by atoms with Gasteiger partial charge in [0.2, 0.25) is 5.89 Å². The molecule has 1 aromatic heterocycles. The summed E-state index contributed by atoms with van der Waals surface area (Å²) in [5.41, 5.74) is 2.53. The Balaban J connectivity index is 2.26. The van der Waals surface area contributed by atoms with Crippen LogP contribution in [0.15, 0.2) is 34.9 Å². The highest BCUT2D eigenvalue weighted by atomic mass is 16.4. The van der Waals surface area contributed by atoms with Gasteiger partial charge < -0.3 is 9.73 Å².